The molecule has 0 aromatic heterocycles. The second-order valence-corrected chi connectivity index (χ2v) is 7.28. The average Bonchev–Trinajstić information content (AvgIpc) is 2.41. The number of halogens is 1. The third-order valence-electron chi connectivity index (χ3n) is 2.92. The summed E-state index contributed by atoms with van der Waals surface area (Å²) in [6, 6.07) is 5.84. The first-order valence-corrected chi connectivity index (χ1v) is 8.54. The van der Waals surface area contributed by atoms with Gasteiger partial charge < -0.3 is 15.4 Å². The van der Waals surface area contributed by atoms with Crippen molar-refractivity contribution in [2.24, 2.45) is 0 Å². The summed E-state index contributed by atoms with van der Waals surface area (Å²) in [6.45, 7) is 9.77. The molecule has 0 aliphatic heterocycles. The summed E-state index contributed by atoms with van der Waals surface area (Å²) in [5, 5.41) is 6.29. The van der Waals surface area contributed by atoms with Gasteiger partial charge in [-0.2, -0.15) is 0 Å². The molecule has 0 bridgehead atoms. The maximum absolute atomic E-state index is 11.8. The molecule has 1 aromatic carbocycles. The van der Waals surface area contributed by atoms with Crippen LogP contribution in [0.3, 0.4) is 0 Å². The molecule has 0 heterocycles. The molecule has 0 aliphatic rings. The molecule has 0 fully saturated rings. The van der Waals surface area contributed by atoms with E-state index >= 15 is 0 Å². The van der Waals surface area contributed by atoms with Crippen LogP contribution in [-0.4, -0.2) is 24.6 Å². The van der Waals surface area contributed by atoms with Crippen molar-refractivity contribution < 1.29 is 9.53 Å². The van der Waals surface area contributed by atoms with Crippen LogP contribution in [0.15, 0.2) is 22.7 Å². The number of carbonyl (C=O) groups excluding carboxylic acids is 1. The molecule has 0 saturated carbocycles. The number of nitrogens with one attached hydrogen (secondary N) is 2. The predicted molar refractivity (Wildman–Crippen MR) is 94.1 cm³/mol. The summed E-state index contributed by atoms with van der Waals surface area (Å²) in [4.78, 5) is 11.8. The fraction of sp³-hybridized carbons (Fsp3) is 0.588. The number of hydrogen-bond donors (Lipinski definition) is 2. The monoisotopic (exact) mass is 370 g/mol. The zero-order valence-corrected chi connectivity index (χ0v) is 15.5. The number of ether oxygens (including phenoxy) is 1. The molecule has 22 heavy (non-hydrogen) atoms. The van der Waals surface area contributed by atoms with Crippen molar-refractivity contribution in [3.05, 3.63) is 28.2 Å². The minimum atomic E-state index is -0.245. The Balaban J connectivity index is 2.59. The Morgan fingerprint density at radius 3 is 2.68 bits per heavy atom. The molecular formula is C17H27BrN2O2. The molecule has 0 spiro atoms. The maximum atomic E-state index is 11.8. The lowest BCUT2D eigenvalue weighted by Gasteiger charge is -2.21. The van der Waals surface area contributed by atoms with Gasteiger partial charge in [0, 0.05) is 22.1 Å². The molecule has 1 rings (SSSR count). The van der Waals surface area contributed by atoms with Gasteiger partial charge in [-0.3, -0.25) is 4.79 Å². The lowest BCUT2D eigenvalue weighted by Crippen LogP contribution is -2.43. The molecule has 0 radical (unpaired) electrons. The lowest BCUT2D eigenvalue weighted by molar-refractivity contribution is -0.124. The first kappa shape index (κ1) is 19.0. The number of rotatable bonds is 8. The summed E-state index contributed by atoms with van der Waals surface area (Å²) in [5.41, 5.74) is 0.805. The second-order valence-electron chi connectivity index (χ2n) is 6.37. The smallest absolute Gasteiger partial charge is 0.258 e. The van der Waals surface area contributed by atoms with Gasteiger partial charge in [0.2, 0.25) is 0 Å². The number of carbonyl (C=O) groups is 1. The van der Waals surface area contributed by atoms with Gasteiger partial charge in [0.05, 0.1) is 0 Å². The van der Waals surface area contributed by atoms with Crippen LogP contribution in [-0.2, 0) is 11.3 Å². The van der Waals surface area contributed by atoms with Gasteiger partial charge in [-0.05, 0) is 51.9 Å². The van der Waals surface area contributed by atoms with Crippen molar-refractivity contribution in [3.8, 4) is 5.75 Å². The van der Waals surface area contributed by atoms with Crippen molar-refractivity contribution in [3.63, 3.8) is 0 Å². The highest BCUT2D eigenvalue weighted by Gasteiger charge is 2.14. The van der Waals surface area contributed by atoms with E-state index in [9.17, 15) is 4.79 Å². The van der Waals surface area contributed by atoms with Crippen LogP contribution in [0.2, 0.25) is 0 Å². The normalized spacial score (nSPS) is 11.3. The van der Waals surface area contributed by atoms with Crippen LogP contribution in [0.1, 0.15) is 46.1 Å². The van der Waals surface area contributed by atoms with Gasteiger partial charge in [-0.1, -0.05) is 29.3 Å². The molecule has 1 amide bonds. The molecule has 2 N–H and O–H groups in total. The van der Waals surface area contributed by atoms with E-state index < -0.39 is 0 Å². The van der Waals surface area contributed by atoms with Crippen LogP contribution in [0.4, 0.5) is 0 Å². The highest BCUT2D eigenvalue weighted by molar-refractivity contribution is 9.10. The van der Waals surface area contributed by atoms with E-state index in [4.69, 9.17) is 4.74 Å². The van der Waals surface area contributed by atoms with Crippen molar-refractivity contribution in [1.82, 2.24) is 10.6 Å². The van der Waals surface area contributed by atoms with E-state index in [0.717, 1.165) is 35.3 Å². The van der Waals surface area contributed by atoms with E-state index in [-0.39, 0.29) is 18.1 Å². The molecule has 0 aliphatic carbocycles. The zero-order chi connectivity index (χ0) is 16.6. The van der Waals surface area contributed by atoms with Crippen LogP contribution in [0, 0.1) is 0 Å². The zero-order valence-electron chi connectivity index (χ0n) is 14.0. The van der Waals surface area contributed by atoms with Crippen LogP contribution < -0.4 is 15.4 Å². The summed E-state index contributed by atoms with van der Waals surface area (Å²) in [6.07, 6.45) is 2.32. The maximum Gasteiger partial charge on any atom is 0.258 e. The minimum absolute atomic E-state index is 0.0286. The van der Waals surface area contributed by atoms with Gasteiger partial charge in [0.15, 0.2) is 6.61 Å². The first-order chi connectivity index (χ1) is 10.3. The molecule has 0 atom stereocenters. The van der Waals surface area contributed by atoms with E-state index in [1.54, 1.807) is 0 Å². The van der Waals surface area contributed by atoms with E-state index in [1.807, 2.05) is 39.0 Å². The fourth-order valence-corrected chi connectivity index (χ4v) is 2.36. The second kappa shape index (κ2) is 9.16. The summed E-state index contributed by atoms with van der Waals surface area (Å²) in [5.74, 6) is 0.636. The standard InChI is InChI=1S/C17H27BrN2O2/c1-5-6-9-19-11-13-10-14(18)7-8-15(13)22-12-16(21)20-17(2,3)4/h7-8,10,19H,5-6,9,11-12H2,1-4H3,(H,20,21). The van der Waals surface area contributed by atoms with Gasteiger partial charge >= 0.3 is 0 Å². The fourth-order valence-electron chi connectivity index (χ4n) is 1.95. The molecular weight excluding hydrogens is 344 g/mol. The third kappa shape index (κ3) is 7.80. The van der Waals surface area contributed by atoms with Gasteiger partial charge in [-0.25, -0.2) is 0 Å². The number of hydrogen-bond acceptors (Lipinski definition) is 3. The molecule has 124 valence electrons. The highest BCUT2D eigenvalue weighted by Crippen LogP contribution is 2.23. The molecule has 5 heteroatoms. The Kier molecular flexibility index (Phi) is 7.90. The van der Waals surface area contributed by atoms with Crippen molar-refractivity contribution in [1.29, 1.82) is 0 Å². The highest BCUT2D eigenvalue weighted by atomic mass is 79.9. The quantitative estimate of drug-likeness (QED) is 0.686. The third-order valence-corrected chi connectivity index (χ3v) is 3.41. The van der Waals surface area contributed by atoms with E-state index in [1.165, 1.54) is 6.42 Å². The van der Waals surface area contributed by atoms with Crippen molar-refractivity contribution >= 4 is 21.8 Å². The summed E-state index contributed by atoms with van der Waals surface area (Å²) in [7, 11) is 0. The largest absolute Gasteiger partial charge is 0.483 e. The van der Waals surface area contributed by atoms with Gasteiger partial charge in [0.1, 0.15) is 5.75 Å². The Hall–Kier alpha value is -1.07. The van der Waals surface area contributed by atoms with Gasteiger partial charge in [0.25, 0.3) is 5.91 Å². The van der Waals surface area contributed by atoms with Crippen molar-refractivity contribution in [2.75, 3.05) is 13.2 Å². The number of unbranched alkanes of at least 4 members (excludes halogenated alkanes) is 1. The summed E-state index contributed by atoms with van der Waals surface area (Å²) < 4.78 is 6.69. The topological polar surface area (TPSA) is 50.4 Å². The molecule has 4 nitrogen and oxygen atoms in total. The van der Waals surface area contributed by atoms with E-state index in [0.29, 0.717) is 0 Å². The predicted octanol–water partition coefficient (Wildman–Crippen LogP) is 3.63. The summed E-state index contributed by atoms with van der Waals surface area (Å²) >= 11 is 3.48. The number of amides is 1. The van der Waals surface area contributed by atoms with Crippen LogP contribution in [0.5, 0.6) is 5.75 Å². The van der Waals surface area contributed by atoms with Crippen LogP contribution in [0.25, 0.3) is 0 Å². The number of benzene rings is 1. The Morgan fingerprint density at radius 2 is 2.05 bits per heavy atom. The SMILES string of the molecule is CCCCNCc1cc(Br)ccc1OCC(=O)NC(C)(C)C. The Bertz CT molecular complexity index is 484. The molecule has 1 aromatic rings. The molecule has 0 unspecified atom stereocenters. The molecule has 0 saturated heterocycles. The van der Waals surface area contributed by atoms with Gasteiger partial charge in [-0.15, -0.1) is 0 Å². The Labute approximate surface area is 142 Å². The van der Waals surface area contributed by atoms with Crippen molar-refractivity contribution in [2.45, 2.75) is 52.6 Å². The van der Waals surface area contributed by atoms with Crippen LogP contribution >= 0.6 is 15.9 Å². The average molecular weight is 371 g/mol. The minimum Gasteiger partial charge on any atom is -0.483 e. The first-order valence-electron chi connectivity index (χ1n) is 7.75. The lowest BCUT2D eigenvalue weighted by atomic mass is 10.1. The Morgan fingerprint density at radius 1 is 1.32 bits per heavy atom. The van der Waals surface area contributed by atoms with E-state index in [2.05, 4.69) is 33.5 Å².